The van der Waals surface area contributed by atoms with Crippen LogP contribution in [0.2, 0.25) is 0 Å². The van der Waals surface area contributed by atoms with E-state index in [1.807, 2.05) is 25.1 Å². The normalized spacial score (nSPS) is 11.8. The lowest BCUT2D eigenvalue weighted by Crippen LogP contribution is -2.47. The van der Waals surface area contributed by atoms with Crippen LogP contribution in [0.25, 0.3) is 10.2 Å². The fraction of sp³-hybridized carbons (Fsp3) is 0.375. The van der Waals surface area contributed by atoms with Gasteiger partial charge in [-0.1, -0.05) is 17.4 Å². The molecule has 0 aliphatic carbocycles. The number of rotatable bonds is 7. The SMILES string of the molecule is Cc1ccc2nc(NC(=O)CN(C)C(=O)CNC(=O)C(N)CO)sc2c1. The average molecular weight is 379 g/mol. The lowest BCUT2D eigenvalue weighted by molar-refractivity contribution is -0.134. The standard InChI is InChI=1S/C16H21N5O4S/c1-9-3-4-11-12(5-9)26-16(19-11)20-13(23)7-21(2)14(24)6-18-15(25)10(17)8-22/h3-5,10,22H,6-8,17H2,1-2H3,(H,18,25)(H,19,20,23). The molecule has 0 aliphatic heterocycles. The van der Waals surface area contributed by atoms with Crippen LogP contribution >= 0.6 is 11.3 Å². The van der Waals surface area contributed by atoms with Crippen LogP contribution in [0.15, 0.2) is 18.2 Å². The Balaban J connectivity index is 1.85. The smallest absolute Gasteiger partial charge is 0.245 e. The molecule has 5 N–H and O–H groups in total. The highest BCUT2D eigenvalue weighted by Crippen LogP contribution is 2.26. The molecule has 1 aromatic carbocycles. The van der Waals surface area contributed by atoms with Gasteiger partial charge in [-0.05, 0) is 24.6 Å². The number of hydrogen-bond donors (Lipinski definition) is 4. The van der Waals surface area contributed by atoms with E-state index in [1.165, 1.54) is 23.3 Å². The molecule has 1 atom stereocenters. The number of aryl methyl sites for hydroxylation is 1. The van der Waals surface area contributed by atoms with E-state index in [4.69, 9.17) is 10.8 Å². The Labute approximate surface area is 154 Å². The molecule has 0 bridgehead atoms. The molecule has 0 saturated carbocycles. The van der Waals surface area contributed by atoms with Gasteiger partial charge in [-0.2, -0.15) is 0 Å². The molecule has 0 radical (unpaired) electrons. The summed E-state index contributed by atoms with van der Waals surface area (Å²) in [4.78, 5) is 40.9. The van der Waals surface area contributed by atoms with E-state index in [-0.39, 0.29) is 13.1 Å². The number of aliphatic hydroxyl groups excluding tert-OH is 1. The molecular weight excluding hydrogens is 358 g/mol. The second kappa shape index (κ2) is 8.70. The van der Waals surface area contributed by atoms with Crippen molar-refractivity contribution < 1.29 is 19.5 Å². The number of anilines is 1. The number of nitrogens with one attached hydrogen (secondary N) is 2. The van der Waals surface area contributed by atoms with E-state index in [0.29, 0.717) is 5.13 Å². The van der Waals surface area contributed by atoms with Gasteiger partial charge in [0.2, 0.25) is 17.7 Å². The molecule has 1 unspecified atom stereocenters. The number of thiazole rings is 1. The number of carbonyl (C=O) groups excluding carboxylic acids is 3. The van der Waals surface area contributed by atoms with Gasteiger partial charge in [-0.25, -0.2) is 4.98 Å². The van der Waals surface area contributed by atoms with Crippen molar-refractivity contribution in [1.82, 2.24) is 15.2 Å². The number of aromatic nitrogens is 1. The number of amides is 3. The third-order valence-corrected chi connectivity index (χ3v) is 4.48. The minimum absolute atomic E-state index is 0.185. The number of fused-ring (bicyclic) bond motifs is 1. The summed E-state index contributed by atoms with van der Waals surface area (Å²) >= 11 is 1.35. The molecular formula is C16H21N5O4S. The Morgan fingerprint density at radius 2 is 2.12 bits per heavy atom. The third-order valence-electron chi connectivity index (χ3n) is 3.54. The predicted molar refractivity (Wildman–Crippen MR) is 98.7 cm³/mol. The summed E-state index contributed by atoms with van der Waals surface area (Å²) in [7, 11) is 1.45. The molecule has 3 amide bonds. The van der Waals surface area contributed by atoms with Gasteiger partial charge < -0.3 is 26.4 Å². The van der Waals surface area contributed by atoms with Gasteiger partial charge in [0.05, 0.1) is 29.9 Å². The maximum absolute atomic E-state index is 12.1. The van der Waals surface area contributed by atoms with Crippen molar-refractivity contribution >= 4 is 44.4 Å². The number of hydrogen-bond acceptors (Lipinski definition) is 7. The summed E-state index contributed by atoms with van der Waals surface area (Å²) in [5.74, 6) is -1.49. The van der Waals surface area contributed by atoms with E-state index in [0.717, 1.165) is 15.8 Å². The van der Waals surface area contributed by atoms with Crippen molar-refractivity contribution in [2.24, 2.45) is 5.73 Å². The van der Waals surface area contributed by atoms with Crippen LogP contribution in [-0.4, -0.2) is 65.5 Å². The Hall–Kier alpha value is -2.56. The molecule has 0 aliphatic rings. The fourth-order valence-corrected chi connectivity index (χ4v) is 3.04. The highest BCUT2D eigenvalue weighted by Gasteiger charge is 2.17. The quantitative estimate of drug-likeness (QED) is 0.509. The Bertz CT molecular complexity index is 822. The zero-order valence-corrected chi connectivity index (χ0v) is 15.3. The van der Waals surface area contributed by atoms with E-state index in [9.17, 15) is 14.4 Å². The summed E-state index contributed by atoms with van der Waals surface area (Å²) in [6.07, 6.45) is 0. The average Bonchev–Trinajstić information content (AvgIpc) is 2.99. The largest absolute Gasteiger partial charge is 0.394 e. The van der Waals surface area contributed by atoms with Gasteiger partial charge in [0.1, 0.15) is 6.04 Å². The first-order chi connectivity index (χ1) is 12.3. The summed E-state index contributed by atoms with van der Waals surface area (Å²) in [5.41, 5.74) is 7.23. The summed E-state index contributed by atoms with van der Waals surface area (Å²) in [6.45, 7) is 0.969. The molecule has 1 aromatic heterocycles. The van der Waals surface area contributed by atoms with Gasteiger partial charge in [-0.15, -0.1) is 0 Å². The second-order valence-electron chi connectivity index (χ2n) is 5.80. The molecule has 9 nitrogen and oxygen atoms in total. The fourth-order valence-electron chi connectivity index (χ4n) is 2.06. The predicted octanol–water partition coefficient (Wildman–Crippen LogP) is -0.563. The third kappa shape index (κ3) is 5.22. The van der Waals surface area contributed by atoms with Crippen LogP contribution < -0.4 is 16.4 Å². The van der Waals surface area contributed by atoms with Crippen molar-refractivity contribution in [1.29, 1.82) is 0 Å². The number of aliphatic hydroxyl groups is 1. The highest BCUT2D eigenvalue weighted by molar-refractivity contribution is 7.22. The van der Waals surface area contributed by atoms with Crippen molar-refractivity contribution in [2.45, 2.75) is 13.0 Å². The second-order valence-corrected chi connectivity index (χ2v) is 6.83. The minimum atomic E-state index is -1.08. The van der Waals surface area contributed by atoms with Gasteiger partial charge in [0, 0.05) is 7.05 Å². The molecule has 0 fully saturated rings. The Morgan fingerprint density at radius 1 is 1.38 bits per heavy atom. The first-order valence-electron chi connectivity index (χ1n) is 7.85. The highest BCUT2D eigenvalue weighted by atomic mass is 32.1. The van der Waals surface area contributed by atoms with E-state index in [1.54, 1.807) is 0 Å². The van der Waals surface area contributed by atoms with E-state index < -0.39 is 30.4 Å². The lowest BCUT2D eigenvalue weighted by Gasteiger charge is -2.17. The van der Waals surface area contributed by atoms with Crippen LogP contribution in [0.1, 0.15) is 5.56 Å². The summed E-state index contributed by atoms with van der Waals surface area (Å²) in [5, 5.41) is 14.2. The Kier molecular flexibility index (Phi) is 6.61. The first kappa shape index (κ1) is 19.8. The molecule has 140 valence electrons. The van der Waals surface area contributed by atoms with Crippen LogP contribution in [0, 0.1) is 6.92 Å². The monoisotopic (exact) mass is 379 g/mol. The molecule has 1 heterocycles. The van der Waals surface area contributed by atoms with Gasteiger partial charge >= 0.3 is 0 Å². The van der Waals surface area contributed by atoms with Gasteiger partial charge in [-0.3, -0.25) is 14.4 Å². The van der Waals surface area contributed by atoms with Crippen molar-refractivity contribution in [3.63, 3.8) is 0 Å². The van der Waals surface area contributed by atoms with Crippen LogP contribution in [0.5, 0.6) is 0 Å². The van der Waals surface area contributed by atoms with Gasteiger partial charge in [0.25, 0.3) is 0 Å². The van der Waals surface area contributed by atoms with Crippen molar-refractivity contribution in [2.75, 3.05) is 32.1 Å². The van der Waals surface area contributed by atoms with E-state index >= 15 is 0 Å². The molecule has 0 saturated heterocycles. The number of carbonyl (C=O) groups is 3. The van der Waals surface area contributed by atoms with Crippen LogP contribution in [0.3, 0.4) is 0 Å². The van der Waals surface area contributed by atoms with Crippen LogP contribution in [-0.2, 0) is 14.4 Å². The lowest BCUT2D eigenvalue weighted by atomic mass is 10.2. The molecule has 0 spiro atoms. The molecule has 10 heteroatoms. The Morgan fingerprint density at radius 3 is 2.81 bits per heavy atom. The van der Waals surface area contributed by atoms with E-state index in [2.05, 4.69) is 15.6 Å². The minimum Gasteiger partial charge on any atom is -0.394 e. The van der Waals surface area contributed by atoms with Gasteiger partial charge in [0.15, 0.2) is 5.13 Å². The molecule has 2 aromatic rings. The summed E-state index contributed by atoms with van der Waals surface area (Å²) in [6, 6.07) is 4.72. The number of nitrogens with zero attached hydrogens (tertiary/aromatic N) is 2. The molecule has 2 rings (SSSR count). The topological polar surface area (TPSA) is 138 Å². The number of likely N-dealkylation sites (N-methyl/N-ethyl adjacent to an activating group) is 1. The maximum atomic E-state index is 12.1. The van der Waals surface area contributed by atoms with Crippen molar-refractivity contribution in [3.8, 4) is 0 Å². The first-order valence-corrected chi connectivity index (χ1v) is 8.67. The zero-order valence-electron chi connectivity index (χ0n) is 14.5. The van der Waals surface area contributed by atoms with Crippen LogP contribution in [0.4, 0.5) is 5.13 Å². The summed E-state index contributed by atoms with van der Waals surface area (Å²) < 4.78 is 0.965. The van der Waals surface area contributed by atoms with Crippen molar-refractivity contribution in [3.05, 3.63) is 23.8 Å². The number of benzene rings is 1. The molecule has 26 heavy (non-hydrogen) atoms. The number of nitrogens with two attached hydrogens (primary N) is 1. The maximum Gasteiger partial charge on any atom is 0.245 e. The zero-order chi connectivity index (χ0) is 19.3.